The zero-order valence-electron chi connectivity index (χ0n) is 11.3. The van der Waals surface area contributed by atoms with E-state index in [-0.39, 0.29) is 6.54 Å². The Morgan fingerprint density at radius 3 is 2.50 bits per heavy atom. The summed E-state index contributed by atoms with van der Waals surface area (Å²) in [7, 11) is 0. The third kappa shape index (κ3) is 7.13. The van der Waals surface area contributed by atoms with Gasteiger partial charge in [-0.2, -0.15) is 13.2 Å². The smallest absolute Gasteiger partial charge is 0.346 e. The van der Waals surface area contributed by atoms with Crippen molar-refractivity contribution in [1.82, 2.24) is 10.6 Å². The highest BCUT2D eigenvalue weighted by molar-refractivity contribution is 5.77. The number of carbonyl (C=O) groups is 1. The van der Waals surface area contributed by atoms with Gasteiger partial charge in [0, 0.05) is 0 Å². The van der Waals surface area contributed by atoms with E-state index in [2.05, 4.69) is 12.2 Å². The lowest BCUT2D eigenvalue weighted by Crippen LogP contribution is -2.39. The normalized spacial score (nSPS) is 13.0. The van der Waals surface area contributed by atoms with Crippen LogP contribution in [0.25, 0.3) is 0 Å². The van der Waals surface area contributed by atoms with E-state index in [0.29, 0.717) is 12.5 Å². The Morgan fingerprint density at radius 2 is 1.90 bits per heavy atom. The highest BCUT2D eigenvalue weighted by Crippen LogP contribution is 2.17. The molecular formula is C14H19F3N2O. The Kier molecular flexibility index (Phi) is 6.51. The van der Waals surface area contributed by atoms with Crippen molar-refractivity contribution in [2.45, 2.75) is 25.4 Å². The number of carbonyl (C=O) groups excluding carboxylic acids is 1. The Bertz CT molecular complexity index is 407. The summed E-state index contributed by atoms with van der Waals surface area (Å²) in [6.45, 7) is 1.27. The van der Waals surface area contributed by atoms with E-state index < -0.39 is 18.6 Å². The van der Waals surface area contributed by atoms with Crippen LogP contribution in [0.15, 0.2) is 30.3 Å². The van der Waals surface area contributed by atoms with E-state index in [1.54, 1.807) is 0 Å². The Labute approximate surface area is 116 Å². The van der Waals surface area contributed by atoms with E-state index in [1.807, 2.05) is 35.6 Å². The van der Waals surface area contributed by atoms with Gasteiger partial charge in [0.2, 0.25) is 5.91 Å². The molecule has 1 rings (SSSR count). The largest absolute Gasteiger partial charge is 0.405 e. The number of nitrogens with one attached hydrogen (secondary N) is 2. The summed E-state index contributed by atoms with van der Waals surface area (Å²) in [6, 6.07) is 9.93. The number of rotatable bonds is 7. The molecule has 0 saturated carbocycles. The molecule has 0 bridgehead atoms. The Balaban J connectivity index is 2.14. The van der Waals surface area contributed by atoms with Crippen LogP contribution in [0.5, 0.6) is 0 Å². The first-order valence-electron chi connectivity index (χ1n) is 6.47. The summed E-state index contributed by atoms with van der Waals surface area (Å²) in [5, 5.41) is 4.66. The van der Waals surface area contributed by atoms with Crippen LogP contribution < -0.4 is 10.6 Å². The number of hydrogen-bond donors (Lipinski definition) is 2. The fraction of sp³-hybridized carbons (Fsp3) is 0.500. The zero-order chi connectivity index (χ0) is 15.0. The fourth-order valence-corrected chi connectivity index (χ4v) is 1.73. The molecule has 0 heterocycles. The molecule has 0 aliphatic heterocycles. The van der Waals surface area contributed by atoms with Crippen LogP contribution in [0.4, 0.5) is 13.2 Å². The van der Waals surface area contributed by atoms with Crippen molar-refractivity contribution in [3.8, 4) is 0 Å². The van der Waals surface area contributed by atoms with Crippen LogP contribution in [-0.4, -0.2) is 31.7 Å². The van der Waals surface area contributed by atoms with Crippen LogP contribution in [0, 0.1) is 0 Å². The minimum absolute atomic E-state index is 0.0996. The molecule has 1 aromatic rings. The number of halogens is 3. The molecular weight excluding hydrogens is 269 g/mol. The molecule has 112 valence electrons. The average molecular weight is 288 g/mol. The average Bonchev–Trinajstić information content (AvgIpc) is 2.41. The second-order valence-electron chi connectivity index (χ2n) is 4.67. The molecule has 1 amide bonds. The molecule has 0 fully saturated rings. The first-order chi connectivity index (χ1) is 9.38. The Morgan fingerprint density at radius 1 is 1.25 bits per heavy atom. The molecule has 3 nitrogen and oxygen atoms in total. The molecule has 0 radical (unpaired) electrons. The van der Waals surface area contributed by atoms with Crippen molar-refractivity contribution >= 4 is 5.91 Å². The maximum atomic E-state index is 11.9. The third-order valence-corrected chi connectivity index (χ3v) is 2.89. The third-order valence-electron chi connectivity index (χ3n) is 2.89. The van der Waals surface area contributed by atoms with Gasteiger partial charge in [-0.15, -0.1) is 0 Å². The van der Waals surface area contributed by atoms with E-state index in [9.17, 15) is 18.0 Å². The zero-order valence-corrected chi connectivity index (χ0v) is 11.3. The Hall–Kier alpha value is -1.56. The SMILES string of the molecule is CC(CCNCC(=O)NCC(F)(F)F)c1ccccc1. The summed E-state index contributed by atoms with van der Waals surface area (Å²) < 4.78 is 35.6. The fourth-order valence-electron chi connectivity index (χ4n) is 1.73. The first kappa shape index (κ1) is 16.5. The van der Waals surface area contributed by atoms with Crippen LogP contribution in [-0.2, 0) is 4.79 Å². The summed E-state index contributed by atoms with van der Waals surface area (Å²) in [6.07, 6.45) is -3.55. The molecule has 1 aromatic carbocycles. The number of amides is 1. The van der Waals surface area contributed by atoms with E-state index in [1.165, 1.54) is 5.56 Å². The van der Waals surface area contributed by atoms with Gasteiger partial charge in [-0.05, 0) is 24.4 Å². The lowest BCUT2D eigenvalue weighted by molar-refractivity contribution is -0.137. The quantitative estimate of drug-likeness (QED) is 0.757. The molecule has 0 aliphatic carbocycles. The molecule has 20 heavy (non-hydrogen) atoms. The number of benzene rings is 1. The van der Waals surface area contributed by atoms with E-state index >= 15 is 0 Å². The van der Waals surface area contributed by atoms with E-state index in [0.717, 1.165) is 6.42 Å². The van der Waals surface area contributed by atoms with Crippen LogP contribution >= 0.6 is 0 Å². The topological polar surface area (TPSA) is 41.1 Å². The van der Waals surface area contributed by atoms with Gasteiger partial charge in [0.05, 0.1) is 6.54 Å². The van der Waals surface area contributed by atoms with Crippen molar-refractivity contribution < 1.29 is 18.0 Å². The minimum atomic E-state index is -4.36. The standard InChI is InChI=1S/C14H19F3N2O/c1-11(12-5-3-2-4-6-12)7-8-18-9-13(20)19-10-14(15,16)17/h2-6,11,18H,7-10H2,1H3,(H,19,20). The summed E-state index contributed by atoms with van der Waals surface area (Å²) >= 11 is 0. The number of hydrogen-bond acceptors (Lipinski definition) is 2. The lowest BCUT2D eigenvalue weighted by atomic mass is 9.98. The van der Waals surface area contributed by atoms with Gasteiger partial charge in [-0.3, -0.25) is 4.79 Å². The number of alkyl halides is 3. The van der Waals surface area contributed by atoms with Crippen molar-refractivity contribution in [3.63, 3.8) is 0 Å². The molecule has 1 atom stereocenters. The van der Waals surface area contributed by atoms with Crippen LogP contribution in [0.1, 0.15) is 24.8 Å². The summed E-state index contributed by atoms with van der Waals surface area (Å²) in [5.74, 6) is -0.309. The molecule has 1 unspecified atom stereocenters. The van der Waals surface area contributed by atoms with Gasteiger partial charge >= 0.3 is 6.18 Å². The van der Waals surface area contributed by atoms with Gasteiger partial charge < -0.3 is 10.6 Å². The van der Waals surface area contributed by atoms with E-state index in [4.69, 9.17) is 0 Å². The predicted octanol–water partition coefficient (Wildman–Crippen LogP) is 2.45. The van der Waals surface area contributed by atoms with Gasteiger partial charge in [0.15, 0.2) is 0 Å². The van der Waals surface area contributed by atoms with Gasteiger partial charge in [-0.25, -0.2) is 0 Å². The highest BCUT2D eigenvalue weighted by atomic mass is 19.4. The maximum Gasteiger partial charge on any atom is 0.405 e. The van der Waals surface area contributed by atoms with Crippen molar-refractivity contribution in [1.29, 1.82) is 0 Å². The lowest BCUT2D eigenvalue weighted by Gasteiger charge is -2.12. The first-order valence-corrected chi connectivity index (χ1v) is 6.47. The van der Waals surface area contributed by atoms with Gasteiger partial charge in [-0.1, -0.05) is 37.3 Å². The maximum absolute atomic E-state index is 11.9. The van der Waals surface area contributed by atoms with Crippen LogP contribution in [0.2, 0.25) is 0 Å². The van der Waals surface area contributed by atoms with Gasteiger partial charge in [0.25, 0.3) is 0 Å². The van der Waals surface area contributed by atoms with Crippen molar-refractivity contribution in [2.75, 3.05) is 19.6 Å². The second-order valence-corrected chi connectivity index (χ2v) is 4.67. The van der Waals surface area contributed by atoms with Crippen LogP contribution in [0.3, 0.4) is 0 Å². The highest BCUT2D eigenvalue weighted by Gasteiger charge is 2.27. The summed E-state index contributed by atoms with van der Waals surface area (Å²) in [5.41, 5.74) is 1.20. The summed E-state index contributed by atoms with van der Waals surface area (Å²) in [4.78, 5) is 11.1. The van der Waals surface area contributed by atoms with Crippen molar-refractivity contribution in [3.05, 3.63) is 35.9 Å². The predicted molar refractivity (Wildman–Crippen MR) is 71.4 cm³/mol. The molecule has 2 N–H and O–H groups in total. The van der Waals surface area contributed by atoms with Crippen molar-refractivity contribution in [2.24, 2.45) is 0 Å². The molecule has 0 aromatic heterocycles. The second kappa shape index (κ2) is 7.89. The molecule has 0 saturated heterocycles. The molecule has 0 spiro atoms. The molecule has 0 aliphatic rings. The molecule has 6 heteroatoms. The monoisotopic (exact) mass is 288 g/mol. The van der Waals surface area contributed by atoms with Gasteiger partial charge in [0.1, 0.15) is 6.54 Å². The minimum Gasteiger partial charge on any atom is -0.346 e.